The van der Waals surface area contributed by atoms with E-state index in [0.717, 1.165) is 11.1 Å². The van der Waals surface area contributed by atoms with Gasteiger partial charge in [-0.25, -0.2) is 4.79 Å². The molecule has 7 nitrogen and oxygen atoms in total. The van der Waals surface area contributed by atoms with E-state index >= 15 is 0 Å². The molecular formula is C20H20O7. The summed E-state index contributed by atoms with van der Waals surface area (Å²) < 4.78 is 21.7. The van der Waals surface area contributed by atoms with E-state index < -0.39 is 12.6 Å². The number of esters is 1. The van der Waals surface area contributed by atoms with Gasteiger partial charge in [-0.05, 0) is 19.1 Å². The molecule has 0 aromatic heterocycles. The van der Waals surface area contributed by atoms with Crippen molar-refractivity contribution in [2.75, 3.05) is 20.3 Å². The number of carboxylic acids is 1. The summed E-state index contributed by atoms with van der Waals surface area (Å²) in [7, 11) is 1.57. The molecule has 2 aromatic carbocycles. The van der Waals surface area contributed by atoms with Gasteiger partial charge in [0.15, 0.2) is 18.1 Å². The second-order valence-corrected chi connectivity index (χ2v) is 5.92. The van der Waals surface area contributed by atoms with E-state index in [9.17, 15) is 9.59 Å². The molecule has 0 spiro atoms. The largest absolute Gasteiger partial charge is 0.493 e. The molecule has 0 saturated heterocycles. The van der Waals surface area contributed by atoms with Gasteiger partial charge < -0.3 is 24.1 Å². The minimum atomic E-state index is -1.08. The second-order valence-electron chi connectivity index (χ2n) is 5.92. The summed E-state index contributed by atoms with van der Waals surface area (Å²) in [5.74, 6) is 0.125. The number of carbonyl (C=O) groups excluding carboxylic acids is 1. The zero-order valence-corrected chi connectivity index (χ0v) is 15.1. The number of aliphatic carboxylic acids is 1. The van der Waals surface area contributed by atoms with Gasteiger partial charge >= 0.3 is 11.9 Å². The van der Waals surface area contributed by atoms with Crippen molar-refractivity contribution >= 4 is 11.9 Å². The molecular weight excluding hydrogens is 352 g/mol. The van der Waals surface area contributed by atoms with Crippen molar-refractivity contribution in [2.45, 2.75) is 19.3 Å². The van der Waals surface area contributed by atoms with Gasteiger partial charge in [0.05, 0.1) is 20.1 Å². The minimum Gasteiger partial charge on any atom is -0.493 e. The SMILES string of the molecule is CCOc1c(OC)cccc1C1CC(=O)Oc2cc(OCC(=O)O)ccc21. The van der Waals surface area contributed by atoms with Crippen LogP contribution in [0.4, 0.5) is 0 Å². The topological polar surface area (TPSA) is 91.3 Å². The monoisotopic (exact) mass is 372 g/mol. The molecule has 3 rings (SSSR count). The van der Waals surface area contributed by atoms with Gasteiger partial charge in [0.1, 0.15) is 11.5 Å². The summed E-state index contributed by atoms with van der Waals surface area (Å²) in [6, 6.07) is 10.5. The zero-order valence-electron chi connectivity index (χ0n) is 15.1. The molecule has 1 atom stereocenters. The van der Waals surface area contributed by atoms with Crippen molar-refractivity contribution in [3.63, 3.8) is 0 Å². The fourth-order valence-corrected chi connectivity index (χ4v) is 3.11. The number of hydrogen-bond acceptors (Lipinski definition) is 6. The Morgan fingerprint density at radius 2 is 2.04 bits per heavy atom. The Morgan fingerprint density at radius 1 is 1.22 bits per heavy atom. The van der Waals surface area contributed by atoms with Crippen LogP contribution in [0.2, 0.25) is 0 Å². The molecule has 1 aliphatic rings. The van der Waals surface area contributed by atoms with Gasteiger partial charge in [0.2, 0.25) is 0 Å². The van der Waals surface area contributed by atoms with Crippen LogP contribution in [0.3, 0.4) is 0 Å². The molecule has 1 aliphatic heterocycles. The van der Waals surface area contributed by atoms with Crippen LogP contribution < -0.4 is 18.9 Å². The van der Waals surface area contributed by atoms with E-state index in [0.29, 0.717) is 29.6 Å². The van der Waals surface area contributed by atoms with Crippen LogP contribution >= 0.6 is 0 Å². The Hall–Kier alpha value is -3.22. The highest BCUT2D eigenvalue weighted by Gasteiger charge is 2.31. The summed E-state index contributed by atoms with van der Waals surface area (Å²) in [4.78, 5) is 22.9. The lowest BCUT2D eigenvalue weighted by Crippen LogP contribution is -2.21. The number of ether oxygens (including phenoxy) is 4. The Morgan fingerprint density at radius 3 is 2.74 bits per heavy atom. The van der Waals surface area contributed by atoms with E-state index in [-0.39, 0.29) is 18.3 Å². The summed E-state index contributed by atoms with van der Waals surface area (Å²) in [6.45, 7) is 1.87. The van der Waals surface area contributed by atoms with Gasteiger partial charge in [-0.3, -0.25) is 4.79 Å². The molecule has 27 heavy (non-hydrogen) atoms. The zero-order chi connectivity index (χ0) is 19.4. The third kappa shape index (κ3) is 3.97. The molecule has 1 N–H and O–H groups in total. The molecule has 0 saturated carbocycles. The number of rotatable bonds is 7. The molecule has 7 heteroatoms. The molecule has 2 aromatic rings. The van der Waals surface area contributed by atoms with Crippen molar-refractivity contribution in [3.05, 3.63) is 47.5 Å². The average Bonchev–Trinajstić information content (AvgIpc) is 2.65. The van der Waals surface area contributed by atoms with Gasteiger partial charge in [-0.2, -0.15) is 0 Å². The fraction of sp³-hybridized carbons (Fsp3) is 0.300. The lowest BCUT2D eigenvalue weighted by molar-refractivity contribution is -0.139. The summed E-state index contributed by atoms with van der Waals surface area (Å²) in [5.41, 5.74) is 1.62. The van der Waals surface area contributed by atoms with Gasteiger partial charge in [0.25, 0.3) is 0 Å². The van der Waals surface area contributed by atoms with Crippen LogP contribution in [-0.4, -0.2) is 37.4 Å². The lowest BCUT2D eigenvalue weighted by atomic mass is 9.85. The third-order valence-corrected chi connectivity index (χ3v) is 4.21. The molecule has 1 unspecified atom stereocenters. The quantitative estimate of drug-likeness (QED) is 0.590. The first-order chi connectivity index (χ1) is 13.0. The van der Waals surface area contributed by atoms with E-state index in [1.54, 1.807) is 25.3 Å². The highest BCUT2D eigenvalue weighted by atomic mass is 16.5. The maximum absolute atomic E-state index is 12.2. The number of hydrogen-bond donors (Lipinski definition) is 1. The number of methoxy groups -OCH3 is 1. The van der Waals surface area contributed by atoms with Crippen LogP contribution in [0, 0.1) is 0 Å². The summed E-state index contributed by atoms with van der Waals surface area (Å²) in [6.07, 6.45) is 0.162. The average molecular weight is 372 g/mol. The number of benzene rings is 2. The van der Waals surface area contributed by atoms with Crippen LogP contribution in [0.5, 0.6) is 23.0 Å². The summed E-state index contributed by atoms with van der Waals surface area (Å²) in [5, 5.41) is 8.74. The first-order valence-electron chi connectivity index (χ1n) is 8.52. The summed E-state index contributed by atoms with van der Waals surface area (Å²) >= 11 is 0. The van der Waals surface area contributed by atoms with Crippen LogP contribution in [-0.2, 0) is 9.59 Å². The van der Waals surface area contributed by atoms with Crippen LogP contribution in [0.25, 0.3) is 0 Å². The highest BCUT2D eigenvalue weighted by molar-refractivity contribution is 5.78. The molecule has 142 valence electrons. The number of fused-ring (bicyclic) bond motifs is 1. The molecule has 1 heterocycles. The van der Waals surface area contributed by atoms with E-state index in [4.69, 9.17) is 24.1 Å². The van der Waals surface area contributed by atoms with Gasteiger partial charge in [0, 0.05) is 23.1 Å². The second kappa shape index (κ2) is 7.99. The Labute approximate surface area is 156 Å². The fourth-order valence-electron chi connectivity index (χ4n) is 3.11. The molecule has 0 fully saturated rings. The third-order valence-electron chi connectivity index (χ3n) is 4.21. The van der Waals surface area contributed by atoms with Crippen molar-refractivity contribution in [2.24, 2.45) is 0 Å². The Balaban J connectivity index is 2.02. The van der Waals surface area contributed by atoms with Crippen molar-refractivity contribution in [1.82, 2.24) is 0 Å². The Kier molecular flexibility index (Phi) is 5.49. The number of para-hydroxylation sites is 1. The maximum atomic E-state index is 12.2. The van der Waals surface area contributed by atoms with Gasteiger partial charge in [-0.15, -0.1) is 0 Å². The predicted octanol–water partition coefficient (Wildman–Crippen LogP) is 3.00. The van der Waals surface area contributed by atoms with E-state index in [2.05, 4.69) is 0 Å². The standard InChI is InChI=1S/C20H20O7/c1-3-25-20-14(5-4-6-16(20)24-2)15-10-19(23)27-17-9-12(7-8-13(15)17)26-11-18(21)22/h4-9,15H,3,10-11H2,1-2H3,(H,21,22). The molecule has 0 aliphatic carbocycles. The number of carbonyl (C=O) groups is 2. The molecule has 0 bridgehead atoms. The lowest BCUT2D eigenvalue weighted by Gasteiger charge is -2.27. The predicted molar refractivity (Wildman–Crippen MR) is 95.8 cm³/mol. The maximum Gasteiger partial charge on any atom is 0.341 e. The van der Waals surface area contributed by atoms with Crippen molar-refractivity contribution in [3.8, 4) is 23.0 Å². The van der Waals surface area contributed by atoms with Crippen LogP contribution in [0.1, 0.15) is 30.4 Å². The molecule has 0 amide bonds. The first kappa shape index (κ1) is 18.6. The van der Waals surface area contributed by atoms with Crippen molar-refractivity contribution in [1.29, 1.82) is 0 Å². The normalized spacial score (nSPS) is 15.5. The van der Waals surface area contributed by atoms with Crippen molar-refractivity contribution < 1.29 is 33.6 Å². The minimum absolute atomic E-state index is 0.162. The smallest absolute Gasteiger partial charge is 0.341 e. The van der Waals surface area contributed by atoms with E-state index in [1.165, 1.54) is 6.07 Å². The highest BCUT2D eigenvalue weighted by Crippen LogP contribution is 2.45. The first-order valence-corrected chi connectivity index (χ1v) is 8.52. The van der Waals surface area contributed by atoms with Gasteiger partial charge in [-0.1, -0.05) is 18.2 Å². The Bertz CT molecular complexity index is 859. The molecule has 0 radical (unpaired) electrons. The van der Waals surface area contributed by atoms with Crippen LogP contribution in [0.15, 0.2) is 36.4 Å². The number of carboxylic acid groups (broad SMARTS) is 1. The van der Waals surface area contributed by atoms with E-state index in [1.807, 2.05) is 19.1 Å².